The molecule has 2 heterocycles. The Morgan fingerprint density at radius 2 is 1.96 bits per heavy atom. The Morgan fingerprint density at radius 3 is 2.65 bits per heavy atom. The summed E-state index contributed by atoms with van der Waals surface area (Å²) in [6.45, 7) is 5.22. The number of hydrogen-bond donors (Lipinski definition) is 0. The van der Waals surface area contributed by atoms with Crippen LogP contribution in [-0.4, -0.2) is 52.3 Å². The van der Waals surface area contributed by atoms with Crippen LogP contribution in [-0.2, 0) is 16.1 Å². The maximum Gasteiger partial charge on any atom is 0.339 e. The second kappa shape index (κ2) is 6.58. The van der Waals surface area contributed by atoms with Crippen molar-refractivity contribution >= 4 is 11.9 Å². The van der Waals surface area contributed by atoms with E-state index in [1.54, 1.807) is 16.8 Å². The summed E-state index contributed by atoms with van der Waals surface area (Å²) in [5.74, 6) is -0.0707. The molecule has 3 amide bonds. The van der Waals surface area contributed by atoms with E-state index in [0.717, 1.165) is 18.4 Å². The van der Waals surface area contributed by atoms with Crippen LogP contribution in [0.3, 0.4) is 0 Å². The first-order valence-corrected chi connectivity index (χ1v) is 8.20. The van der Waals surface area contributed by atoms with E-state index in [0.29, 0.717) is 19.7 Å². The molecule has 0 spiro atoms. The van der Waals surface area contributed by atoms with E-state index in [1.165, 1.54) is 5.01 Å². The smallest absolute Gasteiger partial charge is 0.339 e. The standard InChI is InChI=1S/C17H23N3O3/c1-3-23-15-10-7-11-19-17(22)18(13(2)16(21)20(15)19)12-14-8-5-4-6-9-14/h4-6,8-9,13,15H,3,7,10-12H2,1-2H3/t13-,15?/m0/s1. The number of carbonyl (C=O) groups is 2. The van der Waals surface area contributed by atoms with Crippen molar-refractivity contribution in [2.75, 3.05) is 13.2 Å². The number of benzene rings is 1. The van der Waals surface area contributed by atoms with Gasteiger partial charge in [-0.1, -0.05) is 30.3 Å². The molecule has 6 nitrogen and oxygen atoms in total. The molecule has 2 aliphatic rings. The predicted octanol–water partition coefficient (Wildman–Crippen LogP) is 2.21. The average molecular weight is 317 g/mol. The number of nitrogens with zero attached hydrogens (tertiary/aromatic N) is 3. The fourth-order valence-corrected chi connectivity index (χ4v) is 3.22. The topological polar surface area (TPSA) is 53.1 Å². The van der Waals surface area contributed by atoms with Crippen LogP contribution < -0.4 is 0 Å². The third-order valence-corrected chi connectivity index (χ3v) is 4.43. The second-order valence-corrected chi connectivity index (χ2v) is 5.93. The molecule has 0 saturated carbocycles. The summed E-state index contributed by atoms with van der Waals surface area (Å²) in [6, 6.07) is 9.15. The predicted molar refractivity (Wildman–Crippen MR) is 85.0 cm³/mol. The maximum absolute atomic E-state index is 12.9. The van der Waals surface area contributed by atoms with Gasteiger partial charge in [-0.25, -0.2) is 14.8 Å². The van der Waals surface area contributed by atoms with Crippen molar-refractivity contribution in [1.82, 2.24) is 14.9 Å². The lowest BCUT2D eigenvalue weighted by Gasteiger charge is -2.51. The molecule has 2 saturated heterocycles. The van der Waals surface area contributed by atoms with Crippen molar-refractivity contribution < 1.29 is 14.3 Å². The molecule has 2 fully saturated rings. The van der Waals surface area contributed by atoms with Gasteiger partial charge in [0.05, 0.1) is 0 Å². The lowest BCUT2D eigenvalue weighted by molar-refractivity contribution is -0.202. The van der Waals surface area contributed by atoms with Crippen molar-refractivity contribution in [2.24, 2.45) is 0 Å². The summed E-state index contributed by atoms with van der Waals surface area (Å²) >= 11 is 0. The van der Waals surface area contributed by atoms with Crippen molar-refractivity contribution in [2.45, 2.75) is 45.5 Å². The molecule has 3 rings (SSSR count). The summed E-state index contributed by atoms with van der Waals surface area (Å²) in [5.41, 5.74) is 1.02. The van der Waals surface area contributed by atoms with Gasteiger partial charge in [0.25, 0.3) is 5.91 Å². The van der Waals surface area contributed by atoms with Gasteiger partial charge in [0.15, 0.2) is 6.23 Å². The van der Waals surface area contributed by atoms with E-state index < -0.39 is 6.04 Å². The minimum atomic E-state index is -0.486. The highest BCUT2D eigenvalue weighted by Crippen LogP contribution is 2.28. The zero-order valence-corrected chi connectivity index (χ0v) is 13.6. The lowest BCUT2D eigenvalue weighted by Crippen LogP contribution is -2.70. The molecule has 0 N–H and O–H groups in total. The normalized spacial score (nSPS) is 24.9. The van der Waals surface area contributed by atoms with Crippen molar-refractivity contribution in [3.8, 4) is 0 Å². The number of amides is 3. The molecular formula is C17H23N3O3. The molecule has 1 unspecified atom stereocenters. The van der Waals surface area contributed by atoms with E-state index >= 15 is 0 Å². The number of rotatable bonds is 4. The van der Waals surface area contributed by atoms with Crippen LogP contribution in [0.2, 0.25) is 0 Å². The summed E-state index contributed by atoms with van der Waals surface area (Å²) in [4.78, 5) is 27.3. The Balaban J connectivity index is 1.83. The molecule has 1 aromatic rings. The molecule has 124 valence electrons. The van der Waals surface area contributed by atoms with Gasteiger partial charge >= 0.3 is 6.03 Å². The quantitative estimate of drug-likeness (QED) is 0.855. The lowest BCUT2D eigenvalue weighted by atomic mass is 10.1. The maximum atomic E-state index is 12.9. The first-order chi connectivity index (χ1) is 11.1. The van der Waals surface area contributed by atoms with Gasteiger partial charge in [0.1, 0.15) is 6.04 Å². The van der Waals surface area contributed by atoms with Crippen molar-refractivity contribution in [3.05, 3.63) is 35.9 Å². The number of ether oxygens (including phenoxy) is 1. The molecule has 0 bridgehead atoms. The van der Waals surface area contributed by atoms with Crippen LogP contribution in [0.4, 0.5) is 4.79 Å². The van der Waals surface area contributed by atoms with Crippen molar-refractivity contribution in [1.29, 1.82) is 0 Å². The minimum absolute atomic E-state index is 0.0707. The van der Waals surface area contributed by atoms with E-state index in [-0.39, 0.29) is 18.2 Å². The highest BCUT2D eigenvalue weighted by molar-refractivity contribution is 5.92. The monoisotopic (exact) mass is 317 g/mol. The third kappa shape index (κ3) is 2.91. The summed E-state index contributed by atoms with van der Waals surface area (Å²) in [5, 5.41) is 3.08. The fraction of sp³-hybridized carbons (Fsp3) is 0.529. The number of hydrogen-bond acceptors (Lipinski definition) is 3. The van der Waals surface area contributed by atoms with Crippen LogP contribution in [0.5, 0.6) is 0 Å². The van der Waals surface area contributed by atoms with E-state index in [9.17, 15) is 9.59 Å². The number of carbonyl (C=O) groups excluding carboxylic acids is 2. The van der Waals surface area contributed by atoms with Gasteiger partial charge in [0.2, 0.25) is 0 Å². The number of hydrazine groups is 1. The molecule has 23 heavy (non-hydrogen) atoms. The second-order valence-electron chi connectivity index (χ2n) is 5.93. The van der Waals surface area contributed by atoms with E-state index in [4.69, 9.17) is 4.74 Å². The molecule has 2 aliphatic heterocycles. The largest absolute Gasteiger partial charge is 0.357 e. The van der Waals surface area contributed by atoms with Gasteiger partial charge in [-0.2, -0.15) is 0 Å². The van der Waals surface area contributed by atoms with E-state index in [1.807, 2.05) is 37.3 Å². The molecule has 6 heteroatoms. The Hall–Kier alpha value is -2.08. The van der Waals surface area contributed by atoms with Crippen LogP contribution in [0.25, 0.3) is 0 Å². The zero-order valence-electron chi connectivity index (χ0n) is 13.6. The zero-order chi connectivity index (χ0) is 16.4. The first-order valence-electron chi connectivity index (χ1n) is 8.20. The van der Waals surface area contributed by atoms with Gasteiger partial charge in [-0.3, -0.25) is 4.79 Å². The first kappa shape index (κ1) is 15.8. The Morgan fingerprint density at radius 1 is 1.22 bits per heavy atom. The fourth-order valence-electron chi connectivity index (χ4n) is 3.22. The van der Waals surface area contributed by atoms with Crippen LogP contribution in [0, 0.1) is 0 Å². The number of urea groups is 1. The molecule has 1 aromatic carbocycles. The van der Waals surface area contributed by atoms with Crippen LogP contribution in [0.1, 0.15) is 32.3 Å². The molecular weight excluding hydrogens is 294 g/mol. The van der Waals surface area contributed by atoms with Crippen LogP contribution >= 0.6 is 0 Å². The molecule has 0 aromatic heterocycles. The van der Waals surface area contributed by atoms with Gasteiger partial charge in [-0.15, -0.1) is 0 Å². The van der Waals surface area contributed by atoms with Gasteiger partial charge < -0.3 is 9.64 Å². The average Bonchev–Trinajstić information content (AvgIpc) is 2.58. The Kier molecular flexibility index (Phi) is 4.52. The van der Waals surface area contributed by atoms with E-state index in [2.05, 4.69) is 0 Å². The highest BCUT2D eigenvalue weighted by atomic mass is 16.5. The van der Waals surface area contributed by atoms with Crippen molar-refractivity contribution in [3.63, 3.8) is 0 Å². The third-order valence-electron chi connectivity index (χ3n) is 4.43. The van der Waals surface area contributed by atoms with Gasteiger partial charge in [-0.05, 0) is 32.3 Å². The Bertz CT molecular complexity index is 576. The highest BCUT2D eigenvalue weighted by Gasteiger charge is 2.46. The van der Waals surface area contributed by atoms with Gasteiger partial charge in [0, 0.05) is 19.7 Å². The Labute approximate surface area is 136 Å². The summed E-state index contributed by atoms with van der Waals surface area (Å²) < 4.78 is 5.67. The summed E-state index contributed by atoms with van der Waals surface area (Å²) in [6.07, 6.45) is 1.29. The number of fused-ring (bicyclic) bond motifs is 1. The minimum Gasteiger partial charge on any atom is -0.357 e. The summed E-state index contributed by atoms with van der Waals surface area (Å²) in [7, 11) is 0. The molecule has 0 radical (unpaired) electrons. The van der Waals surface area contributed by atoms with Crippen LogP contribution in [0.15, 0.2) is 30.3 Å². The molecule has 2 atom stereocenters. The molecule has 0 aliphatic carbocycles. The SMILES string of the molecule is CCOC1CCCN2C(=O)N(Cc3ccccc3)[C@@H](C)C(=O)N12.